The number of oxime groups is 1. The standard InChI is InChI=1S/C29H23N3O9S2/c1-40-28(33)17-3-7-19(8-4-17)31-42(36,37)21-11-13-23-24-14-12-22(16-26(24)27(30-35)25(23)15-21)43(38,39)32-20-9-5-18(6-10-20)29(34)41-2/h3-16,31-32,35H,1-2H3. The van der Waals surface area contributed by atoms with E-state index in [9.17, 15) is 31.6 Å². The zero-order valence-electron chi connectivity index (χ0n) is 22.6. The predicted molar refractivity (Wildman–Crippen MR) is 156 cm³/mol. The van der Waals surface area contributed by atoms with E-state index < -0.39 is 32.0 Å². The van der Waals surface area contributed by atoms with E-state index >= 15 is 0 Å². The smallest absolute Gasteiger partial charge is 0.337 e. The third kappa shape index (κ3) is 5.65. The lowest BCUT2D eigenvalue weighted by atomic mass is 10.1. The molecule has 0 aliphatic heterocycles. The number of nitrogens with one attached hydrogen (secondary N) is 2. The van der Waals surface area contributed by atoms with E-state index in [2.05, 4.69) is 24.1 Å². The van der Waals surface area contributed by atoms with Crippen molar-refractivity contribution >= 4 is 49.1 Å². The summed E-state index contributed by atoms with van der Waals surface area (Å²) in [7, 11) is -5.74. The van der Waals surface area contributed by atoms with Gasteiger partial charge in [-0.3, -0.25) is 9.44 Å². The Bertz CT molecular complexity index is 1860. The molecule has 12 nitrogen and oxygen atoms in total. The number of nitrogens with zero attached hydrogens (tertiary/aromatic N) is 1. The minimum atomic E-state index is -4.11. The van der Waals surface area contributed by atoms with Gasteiger partial charge in [-0.25, -0.2) is 26.4 Å². The average Bonchev–Trinajstić information content (AvgIpc) is 3.33. The van der Waals surface area contributed by atoms with Crippen molar-refractivity contribution in [2.45, 2.75) is 9.79 Å². The molecule has 0 atom stereocenters. The first-order chi connectivity index (χ1) is 20.5. The second kappa shape index (κ2) is 11.2. The Morgan fingerprint density at radius 1 is 0.605 bits per heavy atom. The highest BCUT2D eigenvalue weighted by Crippen LogP contribution is 2.39. The summed E-state index contributed by atoms with van der Waals surface area (Å²) < 4.78 is 66.8. The molecule has 0 unspecified atom stereocenters. The van der Waals surface area contributed by atoms with Crippen LogP contribution in [0.25, 0.3) is 11.1 Å². The Hall–Kier alpha value is -5.21. The van der Waals surface area contributed by atoms with Gasteiger partial charge in [-0.2, -0.15) is 0 Å². The lowest BCUT2D eigenvalue weighted by molar-refractivity contribution is 0.0592. The Morgan fingerprint density at radius 2 is 0.977 bits per heavy atom. The maximum Gasteiger partial charge on any atom is 0.337 e. The van der Waals surface area contributed by atoms with Crippen molar-refractivity contribution in [2.24, 2.45) is 5.16 Å². The first-order valence-corrected chi connectivity index (χ1v) is 15.4. The van der Waals surface area contributed by atoms with Crippen molar-refractivity contribution in [1.29, 1.82) is 0 Å². The molecule has 0 saturated heterocycles. The van der Waals surface area contributed by atoms with Crippen molar-refractivity contribution in [3.63, 3.8) is 0 Å². The first kappa shape index (κ1) is 29.3. The molecule has 220 valence electrons. The molecular formula is C29H23N3O9S2. The van der Waals surface area contributed by atoms with Crippen LogP contribution in [0.2, 0.25) is 0 Å². The van der Waals surface area contributed by atoms with E-state index in [-0.39, 0.29) is 49.1 Å². The molecule has 1 aliphatic carbocycles. The number of sulfonamides is 2. The third-order valence-electron chi connectivity index (χ3n) is 6.62. The van der Waals surface area contributed by atoms with E-state index in [1.165, 1.54) is 99.1 Å². The Morgan fingerprint density at radius 3 is 1.30 bits per heavy atom. The number of anilines is 2. The number of rotatable bonds is 8. The van der Waals surface area contributed by atoms with Gasteiger partial charge in [0.05, 0.1) is 35.1 Å². The zero-order valence-corrected chi connectivity index (χ0v) is 24.2. The van der Waals surface area contributed by atoms with Crippen molar-refractivity contribution in [3.05, 3.63) is 107 Å². The van der Waals surface area contributed by atoms with E-state index in [1.807, 2.05) is 0 Å². The molecule has 0 heterocycles. The van der Waals surface area contributed by atoms with Crippen molar-refractivity contribution < 1.29 is 41.1 Å². The first-order valence-electron chi connectivity index (χ1n) is 12.4. The normalized spacial score (nSPS) is 12.1. The van der Waals surface area contributed by atoms with Gasteiger partial charge >= 0.3 is 11.9 Å². The number of carbonyl (C=O) groups excluding carboxylic acids is 2. The van der Waals surface area contributed by atoms with Crippen molar-refractivity contribution in [2.75, 3.05) is 23.7 Å². The lowest BCUT2D eigenvalue weighted by Gasteiger charge is -2.10. The lowest BCUT2D eigenvalue weighted by Crippen LogP contribution is -2.14. The van der Waals surface area contributed by atoms with Crippen LogP contribution in [0.1, 0.15) is 31.8 Å². The van der Waals surface area contributed by atoms with Crippen LogP contribution < -0.4 is 9.44 Å². The highest BCUT2D eigenvalue weighted by atomic mass is 32.2. The molecule has 4 aromatic rings. The maximum atomic E-state index is 13.2. The molecule has 0 saturated carbocycles. The molecule has 0 aromatic heterocycles. The number of carbonyl (C=O) groups is 2. The molecule has 0 radical (unpaired) electrons. The molecule has 0 fully saturated rings. The Balaban J connectivity index is 1.41. The van der Waals surface area contributed by atoms with Gasteiger partial charge in [0.25, 0.3) is 20.0 Å². The van der Waals surface area contributed by atoms with Crippen LogP contribution >= 0.6 is 0 Å². The van der Waals surface area contributed by atoms with E-state index in [1.54, 1.807) is 0 Å². The van der Waals surface area contributed by atoms with Crippen molar-refractivity contribution in [3.8, 4) is 11.1 Å². The van der Waals surface area contributed by atoms with E-state index in [0.717, 1.165) is 0 Å². The molecular weight excluding hydrogens is 598 g/mol. The van der Waals surface area contributed by atoms with Gasteiger partial charge in [-0.15, -0.1) is 0 Å². The van der Waals surface area contributed by atoms with Gasteiger partial charge in [0.2, 0.25) is 0 Å². The molecule has 14 heteroatoms. The van der Waals surface area contributed by atoms with Crippen LogP contribution in [-0.4, -0.2) is 53.9 Å². The summed E-state index contributed by atoms with van der Waals surface area (Å²) in [5, 5.41) is 13.2. The fourth-order valence-corrected chi connectivity index (χ4v) is 6.68. The number of ether oxygens (including phenoxy) is 2. The van der Waals surface area contributed by atoms with Crippen LogP contribution in [0.3, 0.4) is 0 Å². The Kier molecular flexibility index (Phi) is 7.65. The SMILES string of the molecule is COC(=O)c1ccc(NS(=O)(=O)c2ccc3c(c2)C(=NO)c2cc(S(=O)(=O)Nc4ccc(C(=O)OC)cc4)ccc2-3)cc1. The summed E-state index contributed by atoms with van der Waals surface area (Å²) in [5.41, 5.74) is 2.53. The largest absolute Gasteiger partial charge is 0.465 e. The van der Waals surface area contributed by atoms with Crippen LogP contribution in [0.5, 0.6) is 0 Å². The van der Waals surface area contributed by atoms with Gasteiger partial charge in [0.15, 0.2) is 0 Å². The number of hydrogen-bond donors (Lipinski definition) is 3. The van der Waals surface area contributed by atoms with E-state index in [4.69, 9.17) is 0 Å². The minimum Gasteiger partial charge on any atom is -0.465 e. The van der Waals surface area contributed by atoms with Gasteiger partial charge < -0.3 is 14.7 Å². The van der Waals surface area contributed by atoms with Gasteiger partial charge in [-0.1, -0.05) is 17.3 Å². The monoisotopic (exact) mass is 621 g/mol. The van der Waals surface area contributed by atoms with Gasteiger partial charge in [0.1, 0.15) is 5.71 Å². The minimum absolute atomic E-state index is 0.0102. The van der Waals surface area contributed by atoms with Gasteiger partial charge in [0, 0.05) is 22.5 Å². The maximum absolute atomic E-state index is 13.2. The highest BCUT2D eigenvalue weighted by molar-refractivity contribution is 7.93. The molecule has 0 bridgehead atoms. The van der Waals surface area contributed by atoms with E-state index in [0.29, 0.717) is 11.1 Å². The number of fused-ring (bicyclic) bond motifs is 3. The quantitative estimate of drug-likeness (QED) is 0.131. The number of benzene rings is 4. The average molecular weight is 622 g/mol. The summed E-state index contributed by atoms with van der Waals surface area (Å²) in [6.07, 6.45) is 0. The molecule has 43 heavy (non-hydrogen) atoms. The molecule has 0 amide bonds. The molecule has 1 aliphatic rings. The Labute approximate surface area is 246 Å². The van der Waals surface area contributed by atoms with Gasteiger partial charge in [-0.05, 0) is 83.9 Å². The fourth-order valence-electron chi connectivity index (χ4n) is 4.51. The van der Waals surface area contributed by atoms with Crippen LogP contribution in [-0.2, 0) is 29.5 Å². The summed E-state index contributed by atoms with van der Waals surface area (Å²) >= 11 is 0. The second-order valence-electron chi connectivity index (χ2n) is 9.21. The summed E-state index contributed by atoms with van der Waals surface area (Å²) in [6, 6.07) is 19.8. The van der Waals surface area contributed by atoms with Crippen molar-refractivity contribution in [1.82, 2.24) is 0 Å². The third-order valence-corrected chi connectivity index (χ3v) is 9.38. The summed E-state index contributed by atoms with van der Waals surface area (Å²) in [5.74, 6) is -1.13. The van der Waals surface area contributed by atoms with Crippen LogP contribution in [0, 0.1) is 0 Å². The second-order valence-corrected chi connectivity index (χ2v) is 12.6. The topological polar surface area (TPSA) is 178 Å². The van der Waals surface area contributed by atoms with Crippen LogP contribution in [0.4, 0.5) is 11.4 Å². The fraction of sp³-hybridized carbons (Fsp3) is 0.0690. The predicted octanol–water partition coefficient (Wildman–Crippen LogP) is 4.07. The molecule has 0 spiro atoms. The highest BCUT2D eigenvalue weighted by Gasteiger charge is 2.30. The molecule has 4 aromatic carbocycles. The molecule has 3 N–H and O–H groups in total. The number of hydrogen-bond acceptors (Lipinski definition) is 10. The zero-order chi connectivity index (χ0) is 30.9. The summed E-state index contributed by atoms with van der Waals surface area (Å²) in [4.78, 5) is 23.0. The molecule has 5 rings (SSSR count). The van der Waals surface area contributed by atoms with Crippen LogP contribution in [0.15, 0.2) is 99.9 Å². The summed E-state index contributed by atoms with van der Waals surface area (Å²) in [6.45, 7) is 0. The number of esters is 2. The number of methoxy groups -OCH3 is 2.